The number of nitrogens with two attached hydrogens (primary N) is 1. The van der Waals surface area contributed by atoms with Gasteiger partial charge in [-0.25, -0.2) is 9.18 Å². The number of fused-ring (bicyclic) bond motifs is 1. The fourth-order valence-corrected chi connectivity index (χ4v) is 4.12. The molecule has 0 unspecified atom stereocenters. The molecule has 2 fully saturated rings. The van der Waals surface area contributed by atoms with Crippen LogP contribution in [0.5, 0.6) is 0 Å². The fraction of sp³-hybridized carbons (Fsp3) is 0.474. The lowest BCUT2D eigenvalue weighted by Crippen LogP contribution is -2.34. The minimum atomic E-state index is -1.30. The van der Waals surface area contributed by atoms with Crippen molar-refractivity contribution in [3.8, 4) is 0 Å². The lowest BCUT2D eigenvalue weighted by molar-refractivity contribution is 0.0694. The van der Waals surface area contributed by atoms with Gasteiger partial charge in [-0.05, 0) is 42.9 Å². The molecule has 0 aromatic carbocycles. The molecular weight excluding hydrogens is 353 g/mol. The summed E-state index contributed by atoms with van der Waals surface area (Å²) in [6, 6.07) is 1.23. The van der Waals surface area contributed by atoms with Gasteiger partial charge in [-0.3, -0.25) is 9.20 Å². The average molecular weight is 375 g/mol. The Balaban J connectivity index is 1.96. The first-order chi connectivity index (χ1) is 12.8. The highest BCUT2D eigenvalue weighted by Gasteiger charge is 2.35. The van der Waals surface area contributed by atoms with E-state index in [4.69, 9.17) is 10.5 Å². The molecular formula is C19H22FN3O4. The summed E-state index contributed by atoms with van der Waals surface area (Å²) in [5.41, 5.74) is 7.44. The van der Waals surface area contributed by atoms with Crippen molar-refractivity contribution in [3.05, 3.63) is 45.1 Å². The smallest absolute Gasteiger partial charge is 0.341 e. The first-order valence-electron chi connectivity index (χ1n) is 8.98. The lowest BCUT2D eigenvalue weighted by Gasteiger charge is -2.24. The molecule has 2 aromatic heterocycles. The van der Waals surface area contributed by atoms with Crippen molar-refractivity contribution in [2.45, 2.75) is 37.8 Å². The van der Waals surface area contributed by atoms with E-state index in [9.17, 15) is 14.7 Å². The molecule has 1 aliphatic carbocycles. The number of hydrogen-bond acceptors (Lipinski definition) is 5. The zero-order valence-corrected chi connectivity index (χ0v) is 15.2. The highest BCUT2D eigenvalue weighted by atomic mass is 19.1. The fourth-order valence-electron chi connectivity index (χ4n) is 4.12. The van der Waals surface area contributed by atoms with Crippen LogP contribution in [0.2, 0.25) is 0 Å². The molecule has 0 spiro atoms. The van der Waals surface area contributed by atoms with E-state index in [1.807, 2.05) is 4.90 Å². The summed E-state index contributed by atoms with van der Waals surface area (Å²) in [6.45, 7) is 2.68. The predicted octanol–water partition coefficient (Wildman–Crippen LogP) is 1.48. The van der Waals surface area contributed by atoms with Crippen LogP contribution in [0.15, 0.2) is 17.1 Å². The van der Waals surface area contributed by atoms with E-state index in [-0.39, 0.29) is 23.6 Å². The van der Waals surface area contributed by atoms with Gasteiger partial charge in [0.15, 0.2) is 5.82 Å². The Kier molecular flexibility index (Phi) is 4.20. The predicted molar refractivity (Wildman–Crippen MR) is 98.3 cm³/mol. The number of anilines is 1. The maximum absolute atomic E-state index is 15.0. The Morgan fingerprint density at radius 3 is 2.63 bits per heavy atom. The zero-order chi connectivity index (χ0) is 19.5. The number of nitrogens with zero attached hydrogens (tertiary/aromatic N) is 2. The molecule has 144 valence electrons. The molecule has 4 rings (SSSR count). The summed E-state index contributed by atoms with van der Waals surface area (Å²) in [7, 11) is 1.58. The lowest BCUT2D eigenvalue weighted by atomic mass is 10.0. The molecule has 2 aromatic rings. The Morgan fingerprint density at radius 1 is 1.37 bits per heavy atom. The first kappa shape index (κ1) is 17.9. The van der Waals surface area contributed by atoms with E-state index < -0.39 is 17.3 Å². The number of rotatable bonds is 4. The van der Waals surface area contributed by atoms with Gasteiger partial charge in [0.25, 0.3) is 5.56 Å². The Labute approximate surface area is 155 Å². The summed E-state index contributed by atoms with van der Waals surface area (Å²) < 4.78 is 21.5. The van der Waals surface area contributed by atoms with Gasteiger partial charge in [0.05, 0.1) is 29.5 Å². The highest BCUT2D eigenvalue weighted by molar-refractivity contribution is 5.89. The topological polar surface area (TPSA) is 97.3 Å². The van der Waals surface area contributed by atoms with E-state index >= 15 is 4.39 Å². The average Bonchev–Trinajstić information content (AvgIpc) is 3.38. The summed E-state index contributed by atoms with van der Waals surface area (Å²) in [6.07, 6.45) is 2.77. The zero-order valence-electron chi connectivity index (χ0n) is 15.2. The Bertz CT molecular complexity index is 999. The van der Waals surface area contributed by atoms with Crippen molar-refractivity contribution >= 4 is 17.2 Å². The van der Waals surface area contributed by atoms with Crippen LogP contribution in [0.4, 0.5) is 10.1 Å². The van der Waals surface area contributed by atoms with Crippen LogP contribution in [-0.2, 0) is 4.74 Å². The molecule has 1 saturated carbocycles. The van der Waals surface area contributed by atoms with Crippen LogP contribution in [0.1, 0.15) is 40.2 Å². The molecule has 0 bridgehead atoms. The number of pyridine rings is 2. The van der Waals surface area contributed by atoms with Crippen molar-refractivity contribution in [3.63, 3.8) is 0 Å². The number of carboxylic acids is 1. The second-order valence-corrected chi connectivity index (χ2v) is 7.41. The van der Waals surface area contributed by atoms with Gasteiger partial charge in [0.2, 0.25) is 0 Å². The third-order valence-electron chi connectivity index (χ3n) is 5.62. The Morgan fingerprint density at radius 2 is 2.07 bits per heavy atom. The standard InChI is InChI=1S/C19H22FN3O4/c1-9-16-11(10-3-4-10)5-12(19(25)26)18(24)23(16)6-13(20)17(9)22-7-14(21)15(8-22)27-2/h5-6,10,14-15H,3-4,7-8,21H2,1-2H3,(H,25,26)/t14-,15-/m1/s1. The first-order valence-corrected chi connectivity index (χ1v) is 8.98. The van der Waals surface area contributed by atoms with E-state index in [1.54, 1.807) is 14.0 Å². The number of ether oxygens (including phenoxy) is 1. The molecule has 2 atom stereocenters. The van der Waals surface area contributed by atoms with Crippen LogP contribution in [0.25, 0.3) is 5.52 Å². The molecule has 8 heteroatoms. The van der Waals surface area contributed by atoms with Gasteiger partial charge in [-0.15, -0.1) is 0 Å². The highest BCUT2D eigenvalue weighted by Crippen LogP contribution is 2.44. The molecule has 7 nitrogen and oxygen atoms in total. The van der Waals surface area contributed by atoms with Crippen molar-refractivity contribution in [1.82, 2.24) is 4.40 Å². The van der Waals surface area contributed by atoms with E-state index in [0.717, 1.165) is 29.0 Å². The third-order valence-corrected chi connectivity index (χ3v) is 5.62. The van der Waals surface area contributed by atoms with Gasteiger partial charge in [0.1, 0.15) is 5.56 Å². The minimum Gasteiger partial charge on any atom is -0.477 e. The number of hydrogen-bond donors (Lipinski definition) is 2. The van der Waals surface area contributed by atoms with Crippen molar-refractivity contribution < 1.29 is 19.0 Å². The molecule has 3 N–H and O–H groups in total. The number of carboxylic acid groups (broad SMARTS) is 1. The van der Waals surface area contributed by atoms with Gasteiger partial charge >= 0.3 is 5.97 Å². The van der Waals surface area contributed by atoms with E-state index in [1.165, 1.54) is 6.07 Å². The third kappa shape index (κ3) is 2.80. The van der Waals surface area contributed by atoms with Gasteiger partial charge in [-0.2, -0.15) is 0 Å². The van der Waals surface area contributed by atoms with Crippen LogP contribution in [0, 0.1) is 12.7 Å². The van der Waals surface area contributed by atoms with Gasteiger partial charge in [-0.1, -0.05) is 0 Å². The van der Waals surface area contributed by atoms with Crippen LogP contribution in [-0.4, -0.2) is 47.8 Å². The quantitative estimate of drug-likeness (QED) is 0.840. The molecule has 27 heavy (non-hydrogen) atoms. The Hall–Kier alpha value is -2.45. The van der Waals surface area contributed by atoms with Gasteiger partial charge < -0.3 is 20.5 Å². The summed E-state index contributed by atoms with van der Waals surface area (Å²) in [5, 5.41) is 9.36. The summed E-state index contributed by atoms with van der Waals surface area (Å²) >= 11 is 0. The maximum atomic E-state index is 15.0. The number of carbonyl (C=O) groups is 1. The summed E-state index contributed by atoms with van der Waals surface area (Å²) in [5.74, 6) is -1.68. The van der Waals surface area contributed by atoms with Crippen molar-refractivity contribution in [2.75, 3.05) is 25.1 Å². The number of aryl methyl sites for hydroxylation is 1. The molecule has 0 radical (unpaired) electrons. The maximum Gasteiger partial charge on any atom is 0.341 e. The monoisotopic (exact) mass is 375 g/mol. The largest absolute Gasteiger partial charge is 0.477 e. The molecule has 3 heterocycles. The van der Waals surface area contributed by atoms with Crippen molar-refractivity contribution in [1.29, 1.82) is 0 Å². The van der Waals surface area contributed by atoms with E-state index in [0.29, 0.717) is 29.9 Å². The van der Waals surface area contributed by atoms with Gasteiger partial charge in [0, 0.05) is 20.2 Å². The minimum absolute atomic E-state index is 0.195. The molecule has 1 aliphatic heterocycles. The summed E-state index contributed by atoms with van der Waals surface area (Å²) in [4.78, 5) is 25.9. The second kappa shape index (κ2) is 6.31. The molecule has 0 amide bonds. The SMILES string of the molecule is CO[C@@H]1CN(c2c(F)cn3c(=O)c(C(=O)O)cc(C4CC4)c3c2C)C[C@H]1N. The molecule has 1 saturated heterocycles. The number of aromatic carboxylic acids is 1. The van der Waals surface area contributed by atoms with Crippen LogP contribution < -0.4 is 16.2 Å². The number of methoxy groups -OCH3 is 1. The van der Waals surface area contributed by atoms with Crippen LogP contribution >= 0.6 is 0 Å². The second-order valence-electron chi connectivity index (χ2n) is 7.41. The van der Waals surface area contributed by atoms with Crippen LogP contribution in [0.3, 0.4) is 0 Å². The van der Waals surface area contributed by atoms with Crippen molar-refractivity contribution in [2.24, 2.45) is 5.73 Å². The number of halogens is 1. The molecule has 2 aliphatic rings. The van der Waals surface area contributed by atoms with E-state index in [2.05, 4.69) is 0 Å². The number of aromatic nitrogens is 1. The normalized spacial score (nSPS) is 22.6.